The van der Waals surface area contributed by atoms with Crippen molar-refractivity contribution in [2.75, 3.05) is 19.6 Å². The van der Waals surface area contributed by atoms with Crippen LogP contribution < -0.4 is 5.32 Å². The van der Waals surface area contributed by atoms with E-state index in [2.05, 4.69) is 26.7 Å². The minimum absolute atomic E-state index is 0.654. The van der Waals surface area contributed by atoms with Gasteiger partial charge in [-0.2, -0.15) is 0 Å². The number of nitrogens with one attached hydrogen (secondary N) is 1. The van der Waals surface area contributed by atoms with Gasteiger partial charge < -0.3 is 9.88 Å². The molecule has 4 heteroatoms. The Balaban J connectivity index is 1.76. The molecule has 3 heterocycles. The van der Waals surface area contributed by atoms with Gasteiger partial charge in [0.1, 0.15) is 0 Å². The summed E-state index contributed by atoms with van der Waals surface area (Å²) in [6, 6.07) is 1.41. The molecule has 0 bridgehead atoms. The molecule has 0 radical (unpaired) electrons. The van der Waals surface area contributed by atoms with Crippen molar-refractivity contribution in [2.24, 2.45) is 0 Å². The molecule has 100 valence electrons. The van der Waals surface area contributed by atoms with Crippen LogP contribution in [-0.2, 0) is 6.54 Å². The number of imidazole rings is 1. The number of aromatic nitrogens is 2. The highest BCUT2D eigenvalue weighted by molar-refractivity contribution is 5.04. The maximum Gasteiger partial charge on any atom is 0.0951 e. The molecule has 1 N–H and O–H groups in total. The fourth-order valence-corrected chi connectivity index (χ4v) is 3.57. The van der Waals surface area contributed by atoms with Gasteiger partial charge in [0.25, 0.3) is 0 Å². The third kappa shape index (κ3) is 2.19. The topological polar surface area (TPSA) is 33.1 Å². The standard InChI is InChI=1S/C14H24N4/c1-2-15-9-12-10-16-11-18(12)14-6-8-17-7-4-3-5-13(14)17/h10-11,13-15H,2-9H2,1H3. The first-order valence-electron chi connectivity index (χ1n) is 7.35. The van der Waals surface area contributed by atoms with Gasteiger partial charge in [-0.15, -0.1) is 0 Å². The van der Waals surface area contributed by atoms with Crippen LogP contribution in [0.5, 0.6) is 0 Å². The number of hydrogen-bond donors (Lipinski definition) is 1. The molecule has 1 aromatic rings. The zero-order valence-corrected chi connectivity index (χ0v) is 11.3. The highest BCUT2D eigenvalue weighted by Crippen LogP contribution is 2.35. The second-order valence-electron chi connectivity index (χ2n) is 5.53. The van der Waals surface area contributed by atoms with Crippen molar-refractivity contribution in [3.8, 4) is 0 Å². The number of piperidine rings is 1. The normalized spacial score (nSPS) is 28.5. The Morgan fingerprint density at radius 2 is 2.22 bits per heavy atom. The van der Waals surface area contributed by atoms with E-state index in [0.29, 0.717) is 6.04 Å². The minimum Gasteiger partial charge on any atom is -0.329 e. The molecular weight excluding hydrogens is 224 g/mol. The molecule has 2 unspecified atom stereocenters. The first-order valence-corrected chi connectivity index (χ1v) is 7.35. The van der Waals surface area contributed by atoms with Gasteiger partial charge in [0, 0.05) is 25.3 Å². The Bertz CT molecular complexity index is 387. The summed E-state index contributed by atoms with van der Waals surface area (Å²) in [5, 5.41) is 3.41. The average molecular weight is 248 g/mol. The lowest BCUT2D eigenvalue weighted by molar-refractivity contribution is 0.172. The lowest BCUT2D eigenvalue weighted by Gasteiger charge is -2.33. The van der Waals surface area contributed by atoms with E-state index >= 15 is 0 Å². The molecule has 2 aliphatic rings. The fraction of sp³-hybridized carbons (Fsp3) is 0.786. The predicted molar refractivity (Wildman–Crippen MR) is 72.5 cm³/mol. The predicted octanol–water partition coefficient (Wildman–Crippen LogP) is 1.79. The van der Waals surface area contributed by atoms with Gasteiger partial charge >= 0.3 is 0 Å². The molecule has 2 saturated heterocycles. The first kappa shape index (κ1) is 12.2. The Labute approximate surface area is 109 Å². The molecule has 0 spiro atoms. The second-order valence-corrected chi connectivity index (χ2v) is 5.53. The molecule has 0 amide bonds. The van der Waals surface area contributed by atoms with Crippen molar-refractivity contribution in [3.05, 3.63) is 18.2 Å². The van der Waals surface area contributed by atoms with Crippen LogP contribution in [0.4, 0.5) is 0 Å². The second kappa shape index (κ2) is 5.41. The zero-order valence-electron chi connectivity index (χ0n) is 11.3. The van der Waals surface area contributed by atoms with E-state index in [-0.39, 0.29) is 0 Å². The first-order chi connectivity index (χ1) is 8.90. The molecular formula is C14H24N4. The molecule has 3 rings (SSSR count). The Morgan fingerprint density at radius 1 is 1.28 bits per heavy atom. The highest BCUT2D eigenvalue weighted by atomic mass is 15.3. The lowest BCUT2D eigenvalue weighted by Crippen LogP contribution is -2.38. The summed E-state index contributed by atoms with van der Waals surface area (Å²) in [7, 11) is 0. The average Bonchev–Trinajstić information content (AvgIpc) is 3.02. The van der Waals surface area contributed by atoms with Gasteiger partial charge in [-0.1, -0.05) is 13.3 Å². The number of fused-ring (bicyclic) bond motifs is 1. The van der Waals surface area contributed by atoms with Crippen LogP contribution in [0, 0.1) is 0 Å². The smallest absolute Gasteiger partial charge is 0.0951 e. The molecule has 2 atom stereocenters. The SMILES string of the molecule is CCNCc1cncn1C1CCN2CCCCC12. The minimum atomic E-state index is 0.654. The fourth-order valence-electron chi connectivity index (χ4n) is 3.57. The quantitative estimate of drug-likeness (QED) is 0.882. The Kier molecular flexibility index (Phi) is 3.66. The van der Waals surface area contributed by atoms with E-state index in [9.17, 15) is 0 Å². The van der Waals surface area contributed by atoms with Gasteiger partial charge in [0.2, 0.25) is 0 Å². The van der Waals surface area contributed by atoms with Crippen LogP contribution in [0.15, 0.2) is 12.5 Å². The maximum atomic E-state index is 4.36. The van der Waals surface area contributed by atoms with Crippen molar-refractivity contribution < 1.29 is 0 Å². The summed E-state index contributed by atoms with van der Waals surface area (Å²) >= 11 is 0. The van der Waals surface area contributed by atoms with E-state index in [0.717, 1.165) is 19.1 Å². The lowest BCUT2D eigenvalue weighted by atomic mass is 9.99. The van der Waals surface area contributed by atoms with E-state index in [1.54, 1.807) is 0 Å². The molecule has 0 aromatic carbocycles. The third-order valence-electron chi connectivity index (χ3n) is 4.48. The number of rotatable bonds is 4. The van der Waals surface area contributed by atoms with Gasteiger partial charge in [0.05, 0.1) is 18.1 Å². The van der Waals surface area contributed by atoms with Gasteiger partial charge in [-0.25, -0.2) is 4.98 Å². The highest BCUT2D eigenvalue weighted by Gasteiger charge is 2.36. The molecule has 4 nitrogen and oxygen atoms in total. The molecule has 18 heavy (non-hydrogen) atoms. The van der Waals surface area contributed by atoms with E-state index in [4.69, 9.17) is 0 Å². The van der Waals surface area contributed by atoms with Crippen LogP contribution in [0.1, 0.15) is 44.3 Å². The number of hydrogen-bond acceptors (Lipinski definition) is 3. The summed E-state index contributed by atoms with van der Waals surface area (Å²) < 4.78 is 2.43. The molecule has 2 aliphatic heterocycles. The van der Waals surface area contributed by atoms with Gasteiger partial charge in [-0.3, -0.25) is 4.90 Å². The van der Waals surface area contributed by atoms with Crippen molar-refractivity contribution in [1.29, 1.82) is 0 Å². The Morgan fingerprint density at radius 3 is 3.11 bits per heavy atom. The van der Waals surface area contributed by atoms with Gasteiger partial charge in [-0.05, 0) is 32.4 Å². The van der Waals surface area contributed by atoms with Crippen molar-refractivity contribution in [3.63, 3.8) is 0 Å². The van der Waals surface area contributed by atoms with Crippen molar-refractivity contribution >= 4 is 0 Å². The summed E-state index contributed by atoms with van der Waals surface area (Å²) in [6.45, 7) is 6.69. The maximum absolute atomic E-state index is 4.36. The Hall–Kier alpha value is -0.870. The van der Waals surface area contributed by atoms with Crippen LogP contribution >= 0.6 is 0 Å². The molecule has 2 fully saturated rings. The van der Waals surface area contributed by atoms with Gasteiger partial charge in [0.15, 0.2) is 0 Å². The van der Waals surface area contributed by atoms with Crippen molar-refractivity contribution in [1.82, 2.24) is 19.8 Å². The molecule has 0 aliphatic carbocycles. The summed E-state index contributed by atoms with van der Waals surface area (Å²) in [4.78, 5) is 7.05. The summed E-state index contributed by atoms with van der Waals surface area (Å²) in [5.41, 5.74) is 1.34. The zero-order chi connectivity index (χ0) is 12.4. The third-order valence-corrected chi connectivity index (χ3v) is 4.48. The molecule has 0 saturated carbocycles. The summed E-state index contributed by atoms with van der Waals surface area (Å²) in [6.07, 6.45) is 9.50. The van der Waals surface area contributed by atoms with Crippen LogP contribution in [0.25, 0.3) is 0 Å². The largest absolute Gasteiger partial charge is 0.329 e. The number of nitrogens with zero attached hydrogens (tertiary/aromatic N) is 3. The van der Waals surface area contributed by atoms with E-state index < -0.39 is 0 Å². The van der Waals surface area contributed by atoms with Crippen LogP contribution in [0.2, 0.25) is 0 Å². The summed E-state index contributed by atoms with van der Waals surface area (Å²) in [5.74, 6) is 0. The van der Waals surface area contributed by atoms with E-state index in [1.165, 1.54) is 44.5 Å². The van der Waals surface area contributed by atoms with E-state index in [1.807, 2.05) is 12.5 Å². The molecule has 1 aromatic heterocycles. The van der Waals surface area contributed by atoms with Crippen LogP contribution in [0.3, 0.4) is 0 Å². The van der Waals surface area contributed by atoms with Crippen molar-refractivity contribution in [2.45, 2.75) is 51.2 Å². The monoisotopic (exact) mass is 248 g/mol. The van der Waals surface area contributed by atoms with Crippen LogP contribution in [-0.4, -0.2) is 40.1 Å².